The van der Waals surface area contributed by atoms with E-state index < -0.39 is 0 Å². The zero-order chi connectivity index (χ0) is 19.3. The minimum absolute atomic E-state index is 0. The zero-order valence-corrected chi connectivity index (χ0v) is 19.3. The summed E-state index contributed by atoms with van der Waals surface area (Å²) in [6, 6.07) is 9.87. The highest BCUT2D eigenvalue weighted by molar-refractivity contribution is 14.0. The first kappa shape index (κ1) is 24.4. The van der Waals surface area contributed by atoms with Crippen LogP contribution in [0.15, 0.2) is 46.0 Å². The molecule has 0 radical (unpaired) electrons. The first-order valence-corrected chi connectivity index (χ1v) is 9.42. The molecule has 0 saturated heterocycles. The zero-order valence-electron chi connectivity index (χ0n) is 17.0. The Labute approximate surface area is 185 Å². The third kappa shape index (κ3) is 9.03. The molecule has 1 heterocycles. The monoisotopic (exact) mass is 501 g/mol. The average Bonchev–Trinajstić information content (AvgIpc) is 3.17. The maximum Gasteiger partial charge on any atom is 0.226 e. The Bertz CT molecular complexity index is 678. The number of oxazole rings is 1. The fourth-order valence-electron chi connectivity index (χ4n) is 2.51. The van der Waals surface area contributed by atoms with Gasteiger partial charge in [0.1, 0.15) is 12.0 Å². The number of nitrogens with one attached hydrogen (secondary N) is 2. The topological polar surface area (TPSA) is 74.9 Å². The van der Waals surface area contributed by atoms with Gasteiger partial charge in [-0.3, -0.25) is 0 Å². The number of aromatic nitrogens is 1. The van der Waals surface area contributed by atoms with Crippen molar-refractivity contribution in [1.29, 1.82) is 0 Å². The lowest BCUT2D eigenvalue weighted by Gasteiger charge is -2.16. The third-order valence-corrected chi connectivity index (χ3v) is 4.00. The summed E-state index contributed by atoms with van der Waals surface area (Å²) in [5.41, 5.74) is 1.78. The molecule has 0 aliphatic carbocycles. The van der Waals surface area contributed by atoms with Crippen molar-refractivity contribution in [2.75, 3.05) is 46.9 Å². The van der Waals surface area contributed by atoms with Crippen LogP contribution in [0.3, 0.4) is 0 Å². The van der Waals surface area contributed by atoms with Gasteiger partial charge in [-0.2, -0.15) is 0 Å². The summed E-state index contributed by atoms with van der Waals surface area (Å²) in [5, 5.41) is 6.62. The Hall–Kier alpha value is -1.65. The second-order valence-electron chi connectivity index (χ2n) is 6.28. The van der Waals surface area contributed by atoms with E-state index in [1.165, 1.54) is 0 Å². The van der Waals surface area contributed by atoms with Gasteiger partial charge >= 0.3 is 0 Å². The second-order valence-corrected chi connectivity index (χ2v) is 6.28. The number of aliphatic imine (C=N–C) groups is 1. The Morgan fingerprint density at radius 1 is 1.21 bits per heavy atom. The molecule has 0 aliphatic rings. The molecule has 156 valence electrons. The van der Waals surface area contributed by atoms with Gasteiger partial charge in [-0.15, -0.1) is 24.0 Å². The molecule has 8 heteroatoms. The van der Waals surface area contributed by atoms with Gasteiger partial charge in [-0.25, -0.2) is 9.98 Å². The fraction of sp³-hybridized carbons (Fsp3) is 0.500. The van der Waals surface area contributed by atoms with Crippen LogP contribution in [0.2, 0.25) is 0 Å². The lowest BCUT2D eigenvalue weighted by Crippen LogP contribution is -2.38. The number of guanidine groups is 1. The summed E-state index contributed by atoms with van der Waals surface area (Å²) in [5.74, 6) is 1.42. The highest BCUT2D eigenvalue weighted by Crippen LogP contribution is 2.18. The summed E-state index contributed by atoms with van der Waals surface area (Å²) in [6.45, 7) is 6.92. The van der Waals surface area contributed by atoms with Gasteiger partial charge in [0, 0.05) is 32.3 Å². The molecule has 0 amide bonds. The quantitative estimate of drug-likeness (QED) is 0.214. The van der Waals surface area contributed by atoms with Gasteiger partial charge in [0.25, 0.3) is 0 Å². The summed E-state index contributed by atoms with van der Waals surface area (Å²) >= 11 is 0. The van der Waals surface area contributed by atoms with Crippen molar-refractivity contribution in [1.82, 2.24) is 20.5 Å². The van der Waals surface area contributed by atoms with Gasteiger partial charge in [-0.1, -0.05) is 18.2 Å². The number of nitrogens with zero attached hydrogens (tertiary/aromatic N) is 3. The third-order valence-electron chi connectivity index (χ3n) is 4.00. The van der Waals surface area contributed by atoms with Crippen molar-refractivity contribution in [2.45, 2.75) is 19.9 Å². The Morgan fingerprint density at radius 2 is 2.00 bits per heavy atom. The summed E-state index contributed by atoms with van der Waals surface area (Å²) < 4.78 is 10.7. The van der Waals surface area contributed by atoms with Crippen LogP contribution in [-0.2, 0) is 11.3 Å². The number of ether oxygens (including phenoxy) is 1. The molecule has 0 fully saturated rings. The van der Waals surface area contributed by atoms with E-state index >= 15 is 0 Å². The van der Waals surface area contributed by atoms with Crippen LogP contribution in [0.1, 0.15) is 19.0 Å². The van der Waals surface area contributed by atoms with Gasteiger partial charge in [0.15, 0.2) is 5.96 Å². The smallest absolute Gasteiger partial charge is 0.226 e. The van der Waals surface area contributed by atoms with Gasteiger partial charge < -0.3 is 24.7 Å². The van der Waals surface area contributed by atoms with E-state index in [2.05, 4.69) is 39.5 Å². The van der Waals surface area contributed by atoms with Crippen molar-refractivity contribution in [3.63, 3.8) is 0 Å². The molecule has 0 saturated carbocycles. The number of halogens is 1. The first-order valence-electron chi connectivity index (χ1n) is 9.42. The first-order chi connectivity index (χ1) is 13.2. The van der Waals surface area contributed by atoms with E-state index in [9.17, 15) is 0 Å². The van der Waals surface area contributed by atoms with Crippen molar-refractivity contribution in [3.05, 3.63) is 42.3 Å². The number of hydrogen-bond donors (Lipinski definition) is 2. The van der Waals surface area contributed by atoms with Gasteiger partial charge in [0.05, 0.1) is 13.2 Å². The molecule has 0 atom stereocenters. The van der Waals surface area contributed by atoms with E-state index in [-0.39, 0.29) is 24.0 Å². The van der Waals surface area contributed by atoms with Crippen LogP contribution >= 0.6 is 24.0 Å². The molecule has 1 aromatic carbocycles. The van der Waals surface area contributed by atoms with Crippen LogP contribution in [0.4, 0.5) is 0 Å². The molecule has 2 N–H and O–H groups in total. The molecule has 7 nitrogen and oxygen atoms in total. The molecule has 0 bridgehead atoms. The van der Waals surface area contributed by atoms with E-state index in [0.717, 1.165) is 56.4 Å². The van der Waals surface area contributed by atoms with Crippen molar-refractivity contribution in [2.24, 2.45) is 4.99 Å². The van der Waals surface area contributed by atoms with E-state index in [1.54, 1.807) is 13.4 Å². The molecular weight excluding hydrogens is 469 g/mol. The van der Waals surface area contributed by atoms with Crippen molar-refractivity contribution in [3.8, 4) is 11.5 Å². The lowest BCUT2D eigenvalue weighted by molar-refractivity contribution is 0.161. The second kappa shape index (κ2) is 14.4. The largest absolute Gasteiger partial charge is 0.444 e. The number of benzene rings is 1. The SMILES string of the molecule is CCNC(=NCc1coc(-c2ccccc2)n1)NCCCN(C)CCOC.I. The predicted octanol–water partition coefficient (Wildman–Crippen LogP) is 2.98. The molecule has 28 heavy (non-hydrogen) atoms. The Morgan fingerprint density at radius 3 is 2.71 bits per heavy atom. The molecule has 0 aliphatic heterocycles. The van der Waals surface area contributed by atoms with E-state index in [4.69, 9.17) is 9.15 Å². The maximum absolute atomic E-state index is 5.56. The van der Waals surface area contributed by atoms with Crippen LogP contribution in [0, 0.1) is 0 Å². The Balaban J connectivity index is 0.00000392. The lowest BCUT2D eigenvalue weighted by atomic mass is 10.2. The highest BCUT2D eigenvalue weighted by atomic mass is 127. The molecule has 2 rings (SSSR count). The van der Waals surface area contributed by atoms with Gasteiger partial charge in [-0.05, 0) is 39.1 Å². The van der Waals surface area contributed by atoms with Crippen molar-refractivity contribution >= 4 is 29.9 Å². The number of likely N-dealkylation sites (N-methyl/N-ethyl adjacent to an activating group) is 1. The fourth-order valence-corrected chi connectivity index (χ4v) is 2.51. The molecule has 0 spiro atoms. The van der Waals surface area contributed by atoms with Crippen LogP contribution in [0.5, 0.6) is 0 Å². The van der Waals surface area contributed by atoms with Crippen molar-refractivity contribution < 1.29 is 9.15 Å². The average molecular weight is 501 g/mol. The minimum Gasteiger partial charge on any atom is -0.444 e. The predicted molar refractivity (Wildman–Crippen MR) is 124 cm³/mol. The maximum atomic E-state index is 5.56. The molecule has 0 unspecified atom stereocenters. The minimum atomic E-state index is 0. The van der Waals surface area contributed by atoms with Crippen LogP contribution in [0.25, 0.3) is 11.5 Å². The standard InChI is InChI=1S/C20H31N5O2.HI/c1-4-21-20(22-11-8-12-25(2)13-14-26-3)23-15-18-16-27-19(24-18)17-9-6-5-7-10-17;/h5-7,9-10,16H,4,8,11-15H2,1-3H3,(H2,21,22,23);1H. The van der Waals surface area contributed by atoms with E-state index in [0.29, 0.717) is 12.4 Å². The van der Waals surface area contributed by atoms with Crippen LogP contribution < -0.4 is 10.6 Å². The molecule has 2 aromatic rings. The summed E-state index contributed by atoms with van der Waals surface area (Å²) in [7, 11) is 3.83. The van der Waals surface area contributed by atoms with Crippen LogP contribution in [-0.4, -0.2) is 62.8 Å². The normalized spacial score (nSPS) is 11.4. The van der Waals surface area contributed by atoms with Gasteiger partial charge in [0.2, 0.25) is 5.89 Å². The Kier molecular flexibility index (Phi) is 12.5. The number of rotatable bonds is 11. The summed E-state index contributed by atoms with van der Waals surface area (Å²) in [4.78, 5) is 11.4. The molecule has 1 aromatic heterocycles. The van der Waals surface area contributed by atoms with E-state index in [1.807, 2.05) is 30.3 Å². The highest BCUT2D eigenvalue weighted by Gasteiger charge is 2.06. The number of methoxy groups -OCH3 is 1. The summed E-state index contributed by atoms with van der Waals surface area (Å²) in [6.07, 6.45) is 2.70. The number of hydrogen-bond acceptors (Lipinski definition) is 5. The molecular formula is C20H32IN5O2.